The highest BCUT2D eigenvalue weighted by Crippen LogP contribution is 1.80. The average Bonchev–Trinajstić information content (AvgIpc) is 1.91. The molecule has 2 N–H and O–H groups in total. The summed E-state index contributed by atoms with van der Waals surface area (Å²) in [4.78, 5) is 0. The molecule has 0 spiro atoms. The summed E-state index contributed by atoms with van der Waals surface area (Å²) >= 11 is 0. The van der Waals surface area contributed by atoms with Crippen LogP contribution in [0.1, 0.15) is 0 Å². The standard InChI is InChI=1S/C3H7NO3/c5-3-4(6)1-2-7-3/h3-5H,1-2H2. The lowest BCUT2D eigenvalue weighted by Crippen LogP contribution is -3.09. The van der Waals surface area contributed by atoms with Crippen LogP contribution in [0, 0.1) is 5.21 Å². The number of nitrogens with one attached hydrogen (secondary N) is 1. The Balaban J connectivity index is 2.33. The Labute approximate surface area is 40.9 Å². The van der Waals surface area contributed by atoms with Gasteiger partial charge in [0.2, 0.25) is 0 Å². The highest BCUT2D eigenvalue weighted by atomic mass is 16.7. The Morgan fingerprint density at radius 3 is 2.71 bits per heavy atom. The summed E-state index contributed by atoms with van der Waals surface area (Å²) in [6.07, 6.45) is -1.13. The van der Waals surface area contributed by atoms with Crippen LogP contribution in [-0.4, -0.2) is 24.7 Å². The van der Waals surface area contributed by atoms with Crippen molar-refractivity contribution in [1.29, 1.82) is 0 Å². The molecule has 7 heavy (non-hydrogen) atoms. The van der Waals surface area contributed by atoms with E-state index in [0.717, 1.165) is 0 Å². The van der Waals surface area contributed by atoms with Gasteiger partial charge in [0.15, 0.2) is 0 Å². The monoisotopic (exact) mass is 105 g/mol. The van der Waals surface area contributed by atoms with Crippen molar-refractivity contribution in [2.45, 2.75) is 6.41 Å². The minimum atomic E-state index is -1.13. The van der Waals surface area contributed by atoms with Crippen LogP contribution in [0.25, 0.3) is 0 Å². The van der Waals surface area contributed by atoms with Gasteiger partial charge in [-0.15, -0.1) is 0 Å². The summed E-state index contributed by atoms with van der Waals surface area (Å²) in [7, 11) is 0. The molecule has 1 aliphatic rings. The number of ether oxygens (including phenoxy) is 1. The van der Waals surface area contributed by atoms with Crippen LogP contribution in [-0.2, 0) is 4.74 Å². The number of rotatable bonds is 0. The Morgan fingerprint density at radius 2 is 2.57 bits per heavy atom. The van der Waals surface area contributed by atoms with E-state index in [1.54, 1.807) is 0 Å². The fourth-order valence-corrected chi connectivity index (χ4v) is 0.488. The van der Waals surface area contributed by atoms with E-state index >= 15 is 0 Å². The highest BCUT2D eigenvalue weighted by molar-refractivity contribution is 4.33. The van der Waals surface area contributed by atoms with Crippen LogP contribution in [0.4, 0.5) is 0 Å². The molecule has 0 radical (unpaired) electrons. The van der Waals surface area contributed by atoms with Gasteiger partial charge in [-0.3, -0.25) is 4.74 Å². The van der Waals surface area contributed by atoms with E-state index in [-0.39, 0.29) is 5.06 Å². The summed E-state index contributed by atoms with van der Waals surface area (Å²) in [5.74, 6) is 0. The topological polar surface area (TPSA) is 57.0 Å². The van der Waals surface area contributed by atoms with Crippen LogP contribution in [0.15, 0.2) is 0 Å². The Morgan fingerprint density at radius 1 is 1.86 bits per heavy atom. The number of aliphatic hydroxyl groups is 1. The first-order chi connectivity index (χ1) is 3.30. The van der Waals surface area contributed by atoms with Gasteiger partial charge in [-0.1, -0.05) is 0 Å². The first-order valence-electron chi connectivity index (χ1n) is 2.13. The molecule has 0 aromatic rings. The van der Waals surface area contributed by atoms with Gasteiger partial charge in [0.1, 0.15) is 13.2 Å². The maximum absolute atomic E-state index is 10.2. The Bertz CT molecular complexity index is 59.2. The number of hydrogen-bond acceptors (Lipinski definition) is 3. The third-order valence-electron chi connectivity index (χ3n) is 0.900. The number of aliphatic hydroxyl groups excluding tert-OH is 1. The van der Waals surface area contributed by atoms with Crippen molar-refractivity contribution in [2.24, 2.45) is 0 Å². The van der Waals surface area contributed by atoms with E-state index in [4.69, 9.17) is 5.11 Å². The average molecular weight is 105 g/mol. The van der Waals surface area contributed by atoms with Crippen LogP contribution in [0.3, 0.4) is 0 Å². The molecule has 0 saturated carbocycles. The summed E-state index contributed by atoms with van der Waals surface area (Å²) in [6.45, 7) is 0.737. The minimum Gasteiger partial charge on any atom is -0.630 e. The number of hydrogen-bond donors (Lipinski definition) is 2. The molecule has 42 valence electrons. The Kier molecular flexibility index (Phi) is 1.25. The van der Waals surface area contributed by atoms with E-state index < -0.39 is 6.41 Å². The molecule has 1 aliphatic heterocycles. The molecule has 0 bridgehead atoms. The lowest BCUT2D eigenvalue weighted by molar-refractivity contribution is -0.901. The van der Waals surface area contributed by atoms with Gasteiger partial charge in [0.05, 0.1) is 0 Å². The second kappa shape index (κ2) is 1.75. The molecule has 2 atom stereocenters. The molecular formula is C3H7NO3. The van der Waals surface area contributed by atoms with Gasteiger partial charge >= 0.3 is 6.41 Å². The van der Waals surface area contributed by atoms with Crippen molar-refractivity contribution in [1.82, 2.24) is 0 Å². The predicted octanol–water partition coefficient (Wildman–Crippen LogP) is -2.32. The van der Waals surface area contributed by atoms with Crippen LogP contribution >= 0.6 is 0 Å². The molecule has 4 nitrogen and oxygen atoms in total. The fourth-order valence-electron chi connectivity index (χ4n) is 0.488. The first-order valence-corrected chi connectivity index (χ1v) is 2.13. The van der Waals surface area contributed by atoms with Gasteiger partial charge < -0.3 is 15.4 Å². The maximum atomic E-state index is 10.2. The molecular weight excluding hydrogens is 98.0 g/mol. The van der Waals surface area contributed by atoms with Crippen molar-refractivity contribution < 1.29 is 14.9 Å². The zero-order chi connectivity index (χ0) is 5.28. The lowest BCUT2D eigenvalue weighted by atomic mass is 10.7. The van der Waals surface area contributed by atoms with Crippen LogP contribution < -0.4 is 5.06 Å². The predicted molar refractivity (Wildman–Crippen MR) is 21.2 cm³/mol. The SMILES string of the molecule is [O-][NH+]1CCOC1O. The molecule has 2 unspecified atom stereocenters. The zero-order valence-electron chi connectivity index (χ0n) is 3.76. The van der Waals surface area contributed by atoms with Crippen molar-refractivity contribution in [2.75, 3.05) is 13.2 Å². The molecule has 1 rings (SSSR count). The summed E-state index contributed by atoms with van der Waals surface area (Å²) in [5.41, 5.74) is 0. The highest BCUT2D eigenvalue weighted by Gasteiger charge is 2.18. The van der Waals surface area contributed by atoms with E-state index in [2.05, 4.69) is 4.74 Å². The zero-order valence-corrected chi connectivity index (χ0v) is 3.76. The van der Waals surface area contributed by atoms with E-state index in [1.165, 1.54) is 0 Å². The smallest absolute Gasteiger partial charge is 0.304 e. The molecule has 1 heterocycles. The normalized spacial score (nSPS) is 42.0. The maximum Gasteiger partial charge on any atom is 0.304 e. The van der Waals surface area contributed by atoms with Crippen molar-refractivity contribution in [3.05, 3.63) is 5.21 Å². The molecule has 0 aromatic carbocycles. The fraction of sp³-hybridized carbons (Fsp3) is 1.00. The van der Waals surface area contributed by atoms with Crippen LogP contribution in [0.5, 0.6) is 0 Å². The largest absolute Gasteiger partial charge is 0.630 e. The third-order valence-corrected chi connectivity index (χ3v) is 0.900. The molecule has 0 aromatic heterocycles. The van der Waals surface area contributed by atoms with E-state index in [1.807, 2.05) is 0 Å². The quantitative estimate of drug-likeness (QED) is 0.340. The van der Waals surface area contributed by atoms with E-state index in [9.17, 15) is 5.21 Å². The van der Waals surface area contributed by atoms with Gasteiger partial charge in [-0.25, -0.2) is 0 Å². The lowest BCUT2D eigenvalue weighted by Gasteiger charge is -2.15. The molecule has 4 heteroatoms. The van der Waals surface area contributed by atoms with Crippen molar-refractivity contribution in [3.63, 3.8) is 0 Å². The summed E-state index contributed by atoms with van der Waals surface area (Å²) < 4.78 is 4.47. The second-order valence-corrected chi connectivity index (χ2v) is 1.44. The minimum absolute atomic E-state index is 0.208. The van der Waals surface area contributed by atoms with Gasteiger partial charge in [-0.05, 0) is 0 Å². The van der Waals surface area contributed by atoms with Crippen molar-refractivity contribution in [3.8, 4) is 0 Å². The third kappa shape index (κ3) is 0.889. The van der Waals surface area contributed by atoms with Gasteiger partial charge in [0, 0.05) is 0 Å². The number of quaternary nitrogens is 1. The molecule has 0 amide bonds. The van der Waals surface area contributed by atoms with Crippen molar-refractivity contribution >= 4 is 0 Å². The second-order valence-electron chi connectivity index (χ2n) is 1.44. The Hall–Kier alpha value is -0.160. The molecule has 0 aliphatic carbocycles. The van der Waals surface area contributed by atoms with Crippen LogP contribution in [0.2, 0.25) is 0 Å². The molecule has 1 fully saturated rings. The van der Waals surface area contributed by atoms with E-state index in [0.29, 0.717) is 13.2 Å². The summed E-state index contributed by atoms with van der Waals surface area (Å²) in [6, 6.07) is 0. The summed E-state index contributed by atoms with van der Waals surface area (Å²) in [5, 5.41) is 18.4. The first kappa shape index (κ1) is 4.99. The molecule has 1 saturated heterocycles. The van der Waals surface area contributed by atoms with Gasteiger partial charge in [0.25, 0.3) is 0 Å². The number of hydroxylamine groups is 2. The van der Waals surface area contributed by atoms with Gasteiger partial charge in [-0.2, -0.15) is 0 Å².